The van der Waals surface area contributed by atoms with Crippen LogP contribution < -0.4 is 0 Å². The molecule has 0 aliphatic rings. The lowest BCUT2D eigenvalue weighted by atomic mass is 9.92. The number of aromatic nitrogens is 3. The van der Waals surface area contributed by atoms with E-state index in [1.54, 1.807) is 37.3 Å². The fourth-order valence-electron chi connectivity index (χ4n) is 3.63. The van der Waals surface area contributed by atoms with E-state index in [1.807, 2.05) is 4.90 Å². The van der Waals surface area contributed by atoms with Gasteiger partial charge in [-0.15, -0.1) is 6.58 Å². The molecule has 0 spiro atoms. The molecule has 0 fully saturated rings. The number of rotatable bonds is 11. The summed E-state index contributed by atoms with van der Waals surface area (Å²) in [6.45, 7) is 6.49. The van der Waals surface area contributed by atoms with Crippen LogP contribution in [0.3, 0.4) is 0 Å². The smallest absolute Gasteiger partial charge is 0.338 e. The molecule has 1 unspecified atom stereocenters. The van der Waals surface area contributed by atoms with Gasteiger partial charge in [0.15, 0.2) is 0 Å². The van der Waals surface area contributed by atoms with Gasteiger partial charge in [0.25, 0.3) is 0 Å². The van der Waals surface area contributed by atoms with E-state index >= 15 is 0 Å². The summed E-state index contributed by atoms with van der Waals surface area (Å²) in [6.07, 6.45) is 4.40. The third-order valence-corrected chi connectivity index (χ3v) is 5.07. The number of hydrogen-bond donors (Lipinski definition) is 1. The number of nitrogens with zero attached hydrogens (tertiary/aromatic N) is 4. The molecule has 0 aliphatic heterocycles. The maximum absolute atomic E-state index is 14.7. The largest absolute Gasteiger partial charge is 0.462 e. The van der Waals surface area contributed by atoms with Gasteiger partial charge in [0.05, 0.1) is 18.7 Å². The van der Waals surface area contributed by atoms with Crippen molar-refractivity contribution >= 4 is 5.97 Å². The Bertz CT molecular complexity index is 1070. The van der Waals surface area contributed by atoms with Crippen LogP contribution in [0.4, 0.5) is 8.78 Å². The molecule has 0 amide bonds. The lowest BCUT2D eigenvalue weighted by Crippen LogP contribution is -2.44. The Kier molecular flexibility index (Phi) is 8.02. The summed E-state index contributed by atoms with van der Waals surface area (Å²) in [5.41, 5.74) is -0.482. The van der Waals surface area contributed by atoms with Gasteiger partial charge in [-0.2, -0.15) is 5.10 Å². The monoisotopic (exact) mass is 456 g/mol. The maximum Gasteiger partial charge on any atom is 0.338 e. The van der Waals surface area contributed by atoms with E-state index in [0.717, 1.165) is 17.7 Å². The summed E-state index contributed by atoms with van der Waals surface area (Å²) >= 11 is 0. The van der Waals surface area contributed by atoms with Crippen LogP contribution in [0, 0.1) is 11.6 Å². The Hall–Kier alpha value is -3.43. The van der Waals surface area contributed by atoms with Gasteiger partial charge in [0.1, 0.15) is 29.9 Å². The first kappa shape index (κ1) is 24.2. The molecule has 9 heteroatoms. The Morgan fingerprint density at radius 2 is 2.03 bits per heavy atom. The highest BCUT2D eigenvalue weighted by molar-refractivity contribution is 5.89. The Morgan fingerprint density at radius 1 is 1.27 bits per heavy atom. The zero-order chi connectivity index (χ0) is 23.8. The zero-order valence-electron chi connectivity index (χ0n) is 18.3. The Morgan fingerprint density at radius 3 is 2.64 bits per heavy atom. The molecule has 0 saturated heterocycles. The molecule has 1 atom stereocenters. The summed E-state index contributed by atoms with van der Waals surface area (Å²) in [6, 6.07) is 10.0. The van der Waals surface area contributed by atoms with Crippen molar-refractivity contribution < 1.29 is 23.4 Å². The first-order chi connectivity index (χ1) is 15.8. The van der Waals surface area contributed by atoms with Crippen LogP contribution in [-0.2, 0) is 23.4 Å². The van der Waals surface area contributed by atoms with Crippen molar-refractivity contribution in [3.8, 4) is 0 Å². The van der Waals surface area contributed by atoms with Crippen molar-refractivity contribution in [3.63, 3.8) is 0 Å². The highest BCUT2D eigenvalue weighted by atomic mass is 19.1. The molecule has 0 radical (unpaired) electrons. The molecule has 0 aliphatic carbocycles. The maximum atomic E-state index is 14.7. The van der Waals surface area contributed by atoms with Crippen LogP contribution in [0.2, 0.25) is 0 Å². The molecule has 33 heavy (non-hydrogen) atoms. The topological polar surface area (TPSA) is 80.5 Å². The third-order valence-electron chi connectivity index (χ3n) is 5.07. The molecule has 0 bridgehead atoms. The number of carbonyl (C=O) groups excluding carboxylic acids is 1. The minimum atomic E-state index is -1.74. The Labute approximate surface area is 190 Å². The van der Waals surface area contributed by atoms with Gasteiger partial charge in [0.2, 0.25) is 0 Å². The molecule has 1 N–H and O–H groups in total. The van der Waals surface area contributed by atoms with Gasteiger partial charge in [-0.1, -0.05) is 24.3 Å². The molecule has 2 aromatic carbocycles. The molecule has 174 valence electrons. The zero-order valence-corrected chi connectivity index (χ0v) is 18.3. The average molecular weight is 456 g/mol. The minimum Gasteiger partial charge on any atom is -0.462 e. The SMILES string of the molecule is C=CCN(Cc1ccc(C(=O)OCC)cc1)CC(O)(Cn1cncn1)c1ccc(F)cc1F. The Balaban J connectivity index is 1.86. The van der Waals surface area contributed by atoms with Crippen molar-refractivity contribution in [2.75, 3.05) is 19.7 Å². The molecule has 0 saturated carbocycles. The van der Waals surface area contributed by atoms with Crippen LogP contribution in [-0.4, -0.2) is 50.4 Å². The van der Waals surface area contributed by atoms with Gasteiger partial charge in [-0.3, -0.25) is 4.90 Å². The van der Waals surface area contributed by atoms with Crippen molar-refractivity contribution in [1.29, 1.82) is 0 Å². The van der Waals surface area contributed by atoms with Crippen LogP contribution in [0.5, 0.6) is 0 Å². The van der Waals surface area contributed by atoms with Crippen molar-refractivity contribution in [3.05, 3.63) is 96.1 Å². The van der Waals surface area contributed by atoms with Crippen molar-refractivity contribution in [2.45, 2.75) is 25.6 Å². The van der Waals surface area contributed by atoms with E-state index in [0.29, 0.717) is 18.7 Å². The summed E-state index contributed by atoms with van der Waals surface area (Å²) < 4.78 is 34.6. The molecular weight excluding hydrogens is 430 g/mol. The highest BCUT2D eigenvalue weighted by Gasteiger charge is 2.35. The predicted octanol–water partition coefficient (Wildman–Crippen LogP) is 3.31. The van der Waals surface area contributed by atoms with E-state index in [9.17, 15) is 18.7 Å². The number of halogens is 2. The van der Waals surface area contributed by atoms with Crippen molar-refractivity contribution in [1.82, 2.24) is 19.7 Å². The number of aliphatic hydroxyl groups is 1. The number of hydrogen-bond acceptors (Lipinski definition) is 6. The van der Waals surface area contributed by atoms with E-state index in [2.05, 4.69) is 16.7 Å². The summed E-state index contributed by atoms with van der Waals surface area (Å²) in [5.74, 6) is -1.99. The second kappa shape index (κ2) is 10.9. The quantitative estimate of drug-likeness (QED) is 0.352. The fraction of sp³-hybridized carbons (Fsp3) is 0.292. The molecule has 3 rings (SSSR count). The van der Waals surface area contributed by atoms with Crippen molar-refractivity contribution in [2.24, 2.45) is 0 Å². The normalized spacial score (nSPS) is 13.0. The van der Waals surface area contributed by atoms with Crippen LogP contribution in [0.1, 0.15) is 28.4 Å². The predicted molar refractivity (Wildman–Crippen MR) is 118 cm³/mol. The van der Waals surface area contributed by atoms with Gasteiger partial charge >= 0.3 is 5.97 Å². The number of carbonyl (C=O) groups is 1. The van der Waals surface area contributed by atoms with Crippen LogP contribution in [0.15, 0.2) is 67.8 Å². The lowest BCUT2D eigenvalue weighted by molar-refractivity contribution is -0.0210. The van der Waals surface area contributed by atoms with Crippen LogP contribution in [0.25, 0.3) is 0 Å². The number of ether oxygens (including phenoxy) is 1. The summed E-state index contributed by atoms with van der Waals surface area (Å²) in [7, 11) is 0. The highest BCUT2D eigenvalue weighted by Crippen LogP contribution is 2.28. The molecule has 7 nitrogen and oxygen atoms in total. The van der Waals surface area contributed by atoms with E-state index in [-0.39, 0.29) is 25.3 Å². The molecular formula is C24H26F2N4O3. The van der Waals surface area contributed by atoms with Gasteiger partial charge in [0, 0.05) is 31.3 Å². The standard InChI is InChI=1S/C24H26F2N4O3/c1-3-11-29(13-18-5-7-19(8-6-18)23(31)33-4-2)14-24(32,15-30-17-27-16-28-30)21-10-9-20(25)12-22(21)26/h3,5-10,12,16-17,32H,1,4,11,13-15H2,2H3. The van der Waals surface area contributed by atoms with Crippen LogP contribution >= 0.6 is 0 Å². The van der Waals surface area contributed by atoms with Gasteiger partial charge < -0.3 is 9.84 Å². The lowest BCUT2D eigenvalue weighted by Gasteiger charge is -2.34. The van der Waals surface area contributed by atoms with E-state index < -0.39 is 23.2 Å². The number of benzene rings is 2. The second-order valence-corrected chi connectivity index (χ2v) is 7.62. The molecule has 3 aromatic rings. The number of esters is 1. The average Bonchev–Trinajstić information content (AvgIpc) is 3.27. The first-order valence-electron chi connectivity index (χ1n) is 10.4. The second-order valence-electron chi connectivity index (χ2n) is 7.62. The summed E-state index contributed by atoms with van der Waals surface area (Å²) in [4.78, 5) is 17.6. The van der Waals surface area contributed by atoms with Gasteiger partial charge in [-0.05, 0) is 30.7 Å². The third kappa shape index (κ3) is 6.30. The van der Waals surface area contributed by atoms with E-state index in [4.69, 9.17) is 4.74 Å². The molecule has 1 aromatic heterocycles. The van der Waals surface area contributed by atoms with Gasteiger partial charge in [-0.25, -0.2) is 23.2 Å². The first-order valence-corrected chi connectivity index (χ1v) is 10.4. The minimum absolute atomic E-state index is 0.00105. The van der Waals surface area contributed by atoms with E-state index in [1.165, 1.54) is 23.4 Å². The summed E-state index contributed by atoms with van der Waals surface area (Å²) in [5, 5.41) is 15.6. The fourth-order valence-corrected chi connectivity index (χ4v) is 3.63. The molecule has 1 heterocycles.